The van der Waals surface area contributed by atoms with Gasteiger partial charge in [0.15, 0.2) is 15.8 Å². The number of rotatable bonds is 5. The van der Waals surface area contributed by atoms with Gasteiger partial charge in [0.05, 0.1) is 11.5 Å². The normalized spacial score (nSPS) is 16.0. The van der Waals surface area contributed by atoms with Gasteiger partial charge in [0, 0.05) is 24.5 Å². The highest BCUT2D eigenvalue weighted by atomic mass is 32.2. The Balaban J connectivity index is 2.09. The molecule has 1 N–H and O–H groups in total. The summed E-state index contributed by atoms with van der Waals surface area (Å²) in [7, 11) is 3.55. The predicted molar refractivity (Wildman–Crippen MR) is 116 cm³/mol. The first-order valence-corrected chi connectivity index (χ1v) is 10.4. The van der Waals surface area contributed by atoms with Crippen molar-refractivity contribution in [3.63, 3.8) is 0 Å². The zero-order valence-corrected chi connectivity index (χ0v) is 17.9. The lowest BCUT2D eigenvalue weighted by Crippen LogP contribution is -2.39. The second kappa shape index (κ2) is 8.02. The molecule has 0 aliphatic carbocycles. The van der Waals surface area contributed by atoms with Crippen LogP contribution in [0.15, 0.2) is 28.5 Å². The zero-order chi connectivity index (χ0) is 19.7. The van der Waals surface area contributed by atoms with Gasteiger partial charge in [0.1, 0.15) is 0 Å². The Kier molecular flexibility index (Phi) is 5.90. The van der Waals surface area contributed by atoms with E-state index >= 15 is 0 Å². The largest absolute Gasteiger partial charge is 0.504 e. The molecule has 0 spiro atoms. The molecule has 1 aromatic heterocycles. The van der Waals surface area contributed by atoms with Crippen LogP contribution in [0.3, 0.4) is 0 Å². The predicted octanol–water partition coefficient (Wildman–Crippen LogP) is 4.51. The summed E-state index contributed by atoms with van der Waals surface area (Å²) in [6, 6.07) is 5.63. The fraction of sp³-hybridized carbons (Fsp3) is 0.263. The number of phenolic OH excluding ortho intramolecular Hbond substituents is 1. The highest BCUT2D eigenvalue weighted by Crippen LogP contribution is 2.43. The molecule has 0 radical (unpaired) electrons. The number of nitrogens with zero attached hydrogens (tertiary/aromatic N) is 2. The number of benzene rings is 1. The maximum atomic E-state index is 12.6. The summed E-state index contributed by atoms with van der Waals surface area (Å²) in [5, 5.41) is 15.8. The van der Waals surface area contributed by atoms with Gasteiger partial charge >= 0.3 is 0 Å². The molecule has 1 saturated heterocycles. The molecule has 0 atom stereocenters. The number of carbonyl (C=O) groups is 1. The number of carbonyl (C=O) groups excluding carboxylic acids is 1. The van der Waals surface area contributed by atoms with E-state index in [-0.39, 0.29) is 11.7 Å². The van der Waals surface area contributed by atoms with Crippen molar-refractivity contribution >= 4 is 51.6 Å². The average molecular weight is 421 g/mol. The summed E-state index contributed by atoms with van der Waals surface area (Å²) < 4.78 is 6.11. The van der Waals surface area contributed by atoms with Crippen LogP contribution in [0.5, 0.6) is 11.5 Å². The van der Waals surface area contributed by atoms with Gasteiger partial charge in [-0.2, -0.15) is 0 Å². The van der Waals surface area contributed by atoms with Crippen LogP contribution < -0.4 is 4.74 Å². The molecule has 8 heteroatoms. The fourth-order valence-electron chi connectivity index (χ4n) is 2.76. The Morgan fingerprint density at radius 1 is 1.37 bits per heavy atom. The second-order valence-electron chi connectivity index (χ2n) is 6.12. The minimum atomic E-state index is -0.158. The van der Waals surface area contributed by atoms with Crippen LogP contribution in [0.4, 0.5) is 0 Å². The summed E-state index contributed by atoms with van der Waals surface area (Å²) in [6.45, 7) is 4.30. The van der Waals surface area contributed by atoms with Crippen LogP contribution in [0, 0.1) is 6.92 Å². The van der Waals surface area contributed by atoms with Gasteiger partial charge in [-0.1, -0.05) is 24.0 Å². The molecule has 27 heavy (non-hydrogen) atoms. The van der Waals surface area contributed by atoms with Crippen LogP contribution in [0.1, 0.15) is 18.1 Å². The van der Waals surface area contributed by atoms with E-state index in [2.05, 4.69) is 0 Å². The monoisotopic (exact) mass is 420 g/mol. The van der Waals surface area contributed by atoms with Crippen molar-refractivity contribution in [1.82, 2.24) is 10.0 Å². The quantitative estimate of drug-likeness (QED) is 0.568. The van der Waals surface area contributed by atoms with Crippen LogP contribution in [-0.2, 0) is 4.79 Å². The molecule has 1 aliphatic heterocycles. The Labute approximate surface area is 172 Å². The number of hydrogen-bond donors (Lipinski definition) is 1. The smallest absolute Gasteiger partial charge is 0.280 e. The number of hydrogen-bond acceptors (Lipinski definition) is 7. The molecular weight excluding hydrogens is 400 g/mol. The Bertz CT molecular complexity index is 934. The van der Waals surface area contributed by atoms with E-state index in [1.54, 1.807) is 42.6 Å². The van der Waals surface area contributed by atoms with E-state index in [4.69, 9.17) is 17.0 Å². The summed E-state index contributed by atoms with van der Waals surface area (Å²) in [5.74, 6) is 0.354. The van der Waals surface area contributed by atoms with Crippen LogP contribution in [0.2, 0.25) is 0 Å². The highest BCUT2D eigenvalue weighted by Gasteiger charge is 2.33. The van der Waals surface area contributed by atoms with Gasteiger partial charge in [0.25, 0.3) is 5.91 Å². The van der Waals surface area contributed by atoms with E-state index in [1.165, 1.54) is 16.8 Å². The number of ether oxygens (including phenoxy) is 1. The third-order valence-corrected chi connectivity index (χ3v) is 6.31. The van der Waals surface area contributed by atoms with E-state index in [9.17, 15) is 9.90 Å². The van der Waals surface area contributed by atoms with Crippen LogP contribution in [0.25, 0.3) is 16.5 Å². The van der Waals surface area contributed by atoms with Crippen LogP contribution in [-0.4, -0.2) is 46.1 Å². The van der Waals surface area contributed by atoms with E-state index < -0.39 is 0 Å². The molecule has 2 aromatic rings. The average Bonchev–Trinajstić information content (AvgIpc) is 3.14. The number of amides is 1. The first-order valence-electron chi connectivity index (χ1n) is 8.33. The second-order valence-corrected chi connectivity index (χ2v) is 8.71. The molecule has 1 amide bonds. The molecular formula is C19H20N2O3S3. The first kappa shape index (κ1) is 19.9. The summed E-state index contributed by atoms with van der Waals surface area (Å²) in [4.78, 5) is 14.2. The van der Waals surface area contributed by atoms with Gasteiger partial charge in [0.2, 0.25) is 0 Å². The molecule has 2 heterocycles. The van der Waals surface area contributed by atoms with Gasteiger partial charge in [-0.05, 0) is 54.6 Å². The van der Waals surface area contributed by atoms with Crippen molar-refractivity contribution < 1.29 is 14.6 Å². The topological polar surface area (TPSA) is 53.0 Å². The van der Waals surface area contributed by atoms with E-state index in [0.29, 0.717) is 27.1 Å². The van der Waals surface area contributed by atoms with Gasteiger partial charge < -0.3 is 9.84 Å². The number of thioether (sulfide) groups is 1. The van der Waals surface area contributed by atoms with Gasteiger partial charge in [-0.3, -0.25) is 4.79 Å². The lowest BCUT2D eigenvalue weighted by atomic mass is 10.0. The van der Waals surface area contributed by atoms with Crippen molar-refractivity contribution in [2.45, 2.75) is 13.8 Å². The number of aryl methyl sites for hydroxylation is 1. The maximum Gasteiger partial charge on any atom is 0.280 e. The molecule has 142 valence electrons. The number of hydrazine groups is 1. The number of thiophene rings is 1. The summed E-state index contributed by atoms with van der Waals surface area (Å²) >= 11 is 8.12. The van der Waals surface area contributed by atoms with Crippen molar-refractivity contribution in [2.24, 2.45) is 0 Å². The highest BCUT2D eigenvalue weighted by molar-refractivity contribution is 8.26. The minimum absolute atomic E-state index is 0.111. The zero-order valence-electron chi connectivity index (χ0n) is 15.5. The molecule has 3 rings (SSSR count). The number of thiocarbonyl (C=S) groups is 1. The van der Waals surface area contributed by atoms with Crippen molar-refractivity contribution in [2.75, 3.05) is 20.7 Å². The molecule has 1 fully saturated rings. The maximum absolute atomic E-state index is 12.6. The van der Waals surface area contributed by atoms with Crippen molar-refractivity contribution in [3.05, 3.63) is 39.6 Å². The van der Waals surface area contributed by atoms with Gasteiger partial charge in [-0.25, -0.2) is 10.0 Å². The van der Waals surface area contributed by atoms with Gasteiger partial charge in [-0.15, -0.1) is 11.3 Å². The molecule has 0 unspecified atom stereocenters. The van der Waals surface area contributed by atoms with E-state index in [0.717, 1.165) is 16.0 Å². The third kappa shape index (κ3) is 3.89. The number of aromatic hydroxyl groups is 1. The first-order chi connectivity index (χ1) is 12.8. The summed E-state index contributed by atoms with van der Waals surface area (Å²) in [5.41, 5.74) is 2.55. The Hall–Kier alpha value is -1.87. The Morgan fingerprint density at radius 3 is 2.67 bits per heavy atom. The molecule has 1 aliphatic rings. The third-order valence-electron chi connectivity index (χ3n) is 3.97. The Morgan fingerprint density at radius 2 is 2.11 bits per heavy atom. The molecule has 1 aromatic carbocycles. The van der Waals surface area contributed by atoms with Crippen molar-refractivity contribution in [1.29, 1.82) is 0 Å². The number of phenols is 1. The molecule has 0 bridgehead atoms. The lowest BCUT2D eigenvalue weighted by molar-refractivity contribution is -0.130. The lowest BCUT2D eigenvalue weighted by Gasteiger charge is -2.21. The van der Waals surface area contributed by atoms with Crippen molar-refractivity contribution in [3.8, 4) is 21.9 Å². The van der Waals surface area contributed by atoms with E-state index in [1.807, 2.05) is 31.4 Å². The molecule has 5 nitrogen and oxygen atoms in total. The SMILES string of the molecule is CCOc1cc(C=C2SC(=S)N(N(C)C)C2=O)cc(-c2sccc2C)c1O. The standard InChI is InChI=1S/C19H20N2O3S3/c1-5-24-14-9-12(8-13(16(14)22)17-11(2)6-7-26-17)10-15-18(23)21(20(3)4)19(25)27-15/h6-10,22H,5H2,1-4H3. The fourth-order valence-corrected chi connectivity index (χ4v) is 5.11. The minimum Gasteiger partial charge on any atom is -0.504 e. The summed E-state index contributed by atoms with van der Waals surface area (Å²) in [6.07, 6.45) is 1.79. The molecule has 0 saturated carbocycles. The van der Waals surface area contributed by atoms with Crippen LogP contribution >= 0.6 is 35.3 Å².